The molecule has 2 unspecified atom stereocenters. The third-order valence-corrected chi connectivity index (χ3v) is 4.73. The summed E-state index contributed by atoms with van der Waals surface area (Å²) in [7, 11) is 0. The van der Waals surface area contributed by atoms with E-state index in [0.717, 1.165) is 24.8 Å². The second kappa shape index (κ2) is 4.90. The Labute approximate surface area is 112 Å². The van der Waals surface area contributed by atoms with Crippen LogP contribution in [0.1, 0.15) is 41.2 Å². The van der Waals surface area contributed by atoms with Gasteiger partial charge in [-0.05, 0) is 48.4 Å². The Morgan fingerprint density at radius 2 is 2.17 bits per heavy atom. The highest BCUT2D eigenvalue weighted by Gasteiger charge is 2.36. The summed E-state index contributed by atoms with van der Waals surface area (Å²) in [5, 5.41) is 5.59. The molecule has 2 nitrogen and oxygen atoms in total. The molecular formula is C15H19NOS. The second-order valence-electron chi connectivity index (χ2n) is 5.25. The molecule has 3 rings (SSSR count). The van der Waals surface area contributed by atoms with Gasteiger partial charge in [0.25, 0.3) is 0 Å². The van der Waals surface area contributed by atoms with E-state index in [1.807, 2.05) is 11.3 Å². The summed E-state index contributed by atoms with van der Waals surface area (Å²) in [5.41, 5.74) is 1.37. The second-order valence-corrected chi connectivity index (χ2v) is 6.25. The van der Waals surface area contributed by atoms with E-state index in [4.69, 9.17) is 4.42 Å². The minimum atomic E-state index is 0.679. The lowest BCUT2D eigenvalue weighted by Gasteiger charge is -2.02. The first kappa shape index (κ1) is 12.0. The molecule has 0 aliphatic heterocycles. The van der Waals surface area contributed by atoms with Crippen LogP contribution >= 0.6 is 11.3 Å². The summed E-state index contributed by atoms with van der Waals surface area (Å²) >= 11 is 1.81. The van der Waals surface area contributed by atoms with E-state index in [1.54, 1.807) is 0 Å². The van der Waals surface area contributed by atoms with Crippen molar-refractivity contribution >= 4 is 11.3 Å². The number of rotatable bonds is 5. The molecule has 0 spiro atoms. The van der Waals surface area contributed by atoms with E-state index in [0.29, 0.717) is 5.92 Å². The van der Waals surface area contributed by atoms with Crippen molar-refractivity contribution in [1.29, 1.82) is 0 Å². The summed E-state index contributed by atoms with van der Waals surface area (Å²) in [6.45, 7) is 6.19. The van der Waals surface area contributed by atoms with Gasteiger partial charge >= 0.3 is 0 Å². The first-order valence-electron chi connectivity index (χ1n) is 6.56. The normalized spacial score (nSPS) is 22.3. The Kier molecular flexibility index (Phi) is 3.27. The molecule has 1 saturated carbocycles. The summed E-state index contributed by atoms with van der Waals surface area (Å²) in [6.07, 6.45) is 1.29. The molecule has 96 valence electrons. The van der Waals surface area contributed by atoms with Gasteiger partial charge in [0.05, 0.1) is 6.54 Å². The first-order valence-corrected chi connectivity index (χ1v) is 7.44. The van der Waals surface area contributed by atoms with Crippen LogP contribution in [0.15, 0.2) is 28.0 Å². The van der Waals surface area contributed by atoms with Crippen molar-refractivity contribution in [3.05, 3.63) is 45.5 Å². The molecular weight excluding hydrogens is 242 g/mol. The van der Waals surface area contributed by atoms with E-state index in [2.05, 4.69) is 42.7 Å². The molecule has 0 radical (unpaired) electrons. The lowest BCUT2D eigenvalue weighted by atomic mass is 10.3. The van der Waals surface area contributed by atoms with E-state index < -0.39 is 0 Å². The van der Waals surface area contributed by atoms with Gasteiger partial charge in [-0.2, -0.15) is 0 Å². The van der Waals surface area contributed by atoms with Gasteiger partial charge in [0, 0.05) is 17.3 Å². The first-order chi connectivity index (χ1) is 8.74. The van der Waals surface area contributed by atoms with Crippen molar-refractivity contribution in [2.75, 3.05) is 0 Å². The van der Waals surface area contributed by atoms with E-state index in [1.165, 1.54) is 22.6 Å². The number of aryl methyl sites for hydroxylation is 1. The maximum absolute atomic E-state index is 5.87. The van der Waals surface area contributed by atoms with Crippen LogP contribution in [0.25, 0.3) is 0 Å². The van der Waals surface area contributed by atoms with Crippen LogP contribution in [0.2, 0.25) is 0 Å². The fraction of sp³-hybridized carbons (Fsp3) is 0.467. The monoisotopic (exact) mass is 261 g/mol. The molecule has 1 N–H and O–H groups in total. The average molecular weight is 261 g/mol. The number of hydrogen-bond donors (Lipinski definition) is 1. The quantitative estimate of drug-likeness (QED) is 0.878. The molecule has 2 heterocycles. The van der Waals surface area contributed by atoms with E-state index in [9.17, 15) is 0 Å². The Morgan fingerprint density at radius 1 is 1.33 bits per heavy atom. The highest BCUT2D eigenvalue weighted by Crippen LogP contribution is 2.47. The molecule has 2 atom stereocenters. The Morgan fingerprint density at radius 3 is 2.83 bits per heavy atom. The van der Waals surface area contributed by atoms with Crippen LogP contribution in [0, 0.1) is 12.8 Å². The smallest absolute Gasteiger partial charge is 0.117 e. The van der Waals surface area contributed by atoms with Gasteiger partial charge in [-0.15, -0.1) is 11.3 Å². The van der Waals surface area contributed by atoms with Crippen molar-refractivity contribution in [3.8, 4) is 0 Å². The van der Waals surface area contributed by atoms with Gasteiger partial charge in [-0.1, -0.05) is 6.92 Å². The summed E-state index contributed by atoms with van der Waals surface area (Å²) in [4.78, 5) is 1.41. The van der Waals surface area contributed by atoms with Crippen molar-refractivity contribution in [2.24, 2.45) is 5.92 Å². The largest absolute Gasteiger partial charge is 0.464 e. The Balaban J connectivity index is 1.51. The average Bonchev–Trinajstić information content (AvgIpc) is 2.78. The number of furan rings is 1. The zero-order chi connectivity index (χ0) is 12.5. The maximum atomic E-state index is 5.87. The van der Waals surface area contributed by atoms with Crippen LogP contribution < -0.4 is 5.32 Å². The number of nitrogens with one attached hydrogen (secondary N) is 1. The van der Waals surface area contributed by atoms with Gasteiger partial charge in [0.15, 0.2) is 0 Å². The highest BCUT2D eigenvalue weighted by atomic mass is 32.1. The zero-order valence-corrected chi connectivity index (χ0v) is 11.7. The third-order valence-electron chi connectivity index (χ3n) is 3.71. The molecule has 0 aromatic carbocycles. The Hall–Kier alpha value is -1.06. The van der Waals surface area contributed by atoms with Gasteiger partial charge < -0.3 is 9.73 Å². The summed E-state index contributed by atoms with van der Waals surface area (Å²) < 4.78 is 5.87. The van der Waals surface area contributed by atoms with E-state index in [-0.39, 0.29) is 0 Å². The predicted octanol–water partition coefficient (Wildman–Crippen LogP) is 4.06. The molecule has 1 fully saturated rings. The number of hydrogen-bond acceptors (Lipinski definition) is 3. The van der Waals surface area contributed by atoms with Crippen LogP contribution in [0.3, 0.4) is 0 Å². The molecule has 1 aliphatic rings. The topological polar surface area (TPSA) is 25.2 Å². The summed E-state index contributed by atoms with van der Waals surface area (Å²) in [6, 6.07) is 6.41. The molecule has 2 aromatic heterocycles. The maximum Gasteiger partial charge on any atom is 0.117 e. The third kappa shape index (κ3) is 2.52. The van der Waals surface area contributed by atoms with Crippen LogP contribution in [0.5, 0.6) is 0 Å². The van der Waals surface area contributed by atoms with Gasteiger partial charge in [0.2, 0.25) is 0 Å². The van der Waals surface area contributed by atoms with Crippen LogP contribution in [-0.4, -0.2) is 0 Å². The SMILES string of the molecule is Cc1ccsc1CNCc1ccc(C2CC2C)o1. The lowest BCUT2D eigenvalue weighted by molar-refractivity contribution is 0.444. The summed E-state index contributed by atoms with van der Waals surface area (Å²) in [5.74, 6) is 3.72. The molecule has 0 bridgehead atoms. The Bertz CT molecular complexity index is 528. The van der Waals surface area contributed by atoms with Crippen LogP contribution in [-0.2, 0) is 13.1 Å². The zero-order valence-electron chi connectivity index (χ0n) is 10.9. The fourth-order valence-electron chi connectivity index (χ4n) is 2.29. The van der Waals surface area contributed by atoms with E-state index >= 15 is 0 Å². The standard InChI is InChI=1S/C15H19NOS/c1-10-5-6-18-15(10)9-16-8-12-3-4-14(17-12)13-7-11(13)2/h3-6,11,13,16H,7-9H2,1-2H3. The minimum absolute atomic E-state index is 0.679. The lowest BCUT2D eigenvalue weighted by Crippen LogP contribution is -2.11. The molecule has 0 saturated heterocycles. The van der Waals surface area contributed by atoms with Crippen LogP contribution in [0.4, 0.5) is 0 Å². The predicted molar refractivity (Wildman–Crippen MR) is 74.8 cm³/mol. The highest BCUT2D eigenvalue weighted by molar-refractivity contribution is 7.10. The molecule has 0 amide bonds. The van der Waals surface area contributed by atoms with Gasteiger partial charge in [0.1, 0.15) is 11.5 Å². The molecule has 3 heteroatoms. The molecule has 1 aliphatic carbocycles. The van der Waals surface area contributed by atoms with Gasteiger partial charge in [-0.25, -0.2) is 0 Å². The molecule has 18 heavy (non-hydrogen) atoms. The van der Waals surface area contributed by atoms with Crippen molar-refractivity contribution in [3.63, 3.8) is 0 Å². The molecule has 2 aromatic rings. The number of thiophene rings is 1. The van der Waals surface area contributed by atoms with Crippen molar-refractivity contribution in [2.45, 2.75) is 39.3 Å². The minimum Gasteiger partial charge on any atom is -0.464 e. The fourth-order valence-corrected chi connectivity index (χ4v) is 3.17. The van der Waals surface area contributed by atoms with Gasteiger partial charge in [-0.3, -0.25) is 0 Å². The van der Waals surface area contributed by atoms with Crippen molar-refractivity contribution in [1.82, 2.24) is 5.32 Å². The van der Waals surface area contributed by atoms with Crippen molar-refractivity contribution < 1.29 is 4.42 Å².